The average molecular weight is 257 g/mol. The number of carboxylic acid groups (broad SMARTS) is 1. The van der Waals surface area contributed by atoms with Crippen molar-refractivity contribution in [3.05, 3.63) is 30.1 Å². The number of anilines is 1. The standard InChI is InChI=1S/C14H15N3O2/c1-14(2)7-10(14)16-11-8-5-3-4-6-9(8)15-12(17-11)13(18)19/h3-6,10H,7H2,1-2H3,(H,18,19)(H,15,16,17). The highest BCUT2D eigenvalue weighted by Gasteiger charge is 2.46. The molecule has 5 heteroatoms. The molecule has 5 nitrogen and oxygen atoms in total. The van der Waals surface area contributed by atoms with E-state index in [1.807, 2.05) is 18.2 Å². The molecular formula is C14H15N3O2. The maximum Gasteiger partial charge on any atom is 0.374 e. The molecule has 0 spiro atoms. The van der Waals surface area contributed by atoms with Crippen LogP contribution in [0.1, 0.15) is 30.9 Å². The lowest BCUT2D eigenvalue weighted by atomic mass is 10.2. The van der Waals surface area contributed by atoms with Crippen molar-refractivity contribution >= 4 is 22.7 Å². The number of para-hydroxylation sites is 1. The molecule has 1 unspecified atom stereocenters. The summed E-state index contributed by atoms with van der Waals surface area (Å²) in [6.07, 6.45) is 1.06. The largest absolute Gasteiger partial charge is 0.475 e. The van der Waals surface area contributed by atoms with Crippen molar-refractivity contribution in [1.82, 2.24) is 9.97 Å². The zero-order valence-corrected chi connectivity index (χ0v) is 10.8. The van der Waals surface area contributed by atoms with Crippen molar-refractivity contribution in [3.8, 4) is 0 Å². The van der Waals surface area contributed by atoms with Gasteiger partial charge in [-0.25, -0.2) is 14.8 Å². The number of hydrogen-bond donors (Lipinski definition) is 2. The molecule has 1 fully saturated rings. The number of benzene rings is 1. The van der Waals surface area contributed by atoms with Gasteiger partial charge in [0, 0.05) is 11.4 Å². The van der Waals surface area contributed by atoms with Gasteiger partial charge in [0.05, 0.1) is 5.52 Å². The van der Waals surface area contributed by atoms with E-state index in [0.29, 0.717) is 17.4 Å². The van der Waals surface area contributed by atoms with Gasteiger partial charge in [-0.3, -0.25) is 0 Å². The molecule has 1 saturated carbocycles. The Labute approximate surface area is 110 Å². The molecule has 1 aliphatic carbocycles. The molecule has 3 rings (SSSR count). The molecule has 98 valence electrons. The van der Waals surface area contributed by atoms with E-state index in [4.69, 9.17) is 5.11 Å². The first-order chi connectivity index (χ1) is 8.97. The third kappa shape index (κ3) is 2.12. The Morgan fingerprint density at radius 2 is 2.05 bits per heavy atom. The Hall–Kier alpha value is -2.17. The molecule has 1 aliphatic rings. The van der Waals surface area contributed by atoms with Crippen molar-refractivity contribution in [3.63, 3.8) is 0 Å². The van der Waals surface area contributed by atoms with Crippen LogP contribution in [0.3, 0.4) is 0 Å². The van der Waals surface area contributed by atoms with E-state index in [1.54, 1.807) is 6.07 Å². The highest BCUT2D eigenvalue weighted by molar-refractivity contribution is 5.93. The number of hydrogen-bond acceptors (Lipinski definition) is 4. The summed E-state index contributed by atoms with van der Waals surface area (Å²) in [5, 5.41) is 13.3. The number of aromatic carboxylic acids is 1. The molecule has 0 amide bonds. The van der Waals surface area contributed by atoms with Crippen molar-refractivity contribution in [2.45, 2.75) is 26.3 Å². The Kier molecular flexibility index (Phi) is 2.45. The monoisotopic (exact) mass is 257 g/mol. The lowest BCUT2D eigenvalue weighted by Gasteiger charge is -2.10. The number of carbonyl (C=O) groups is 1. The highest BCUT2D eigenvalue weighted by Crippen LogP contribution is 2.46. The minimum atomic E-state index is -1.11. The summed E-state index contributed by atoms with van der Waals surface area (Å²) in [6.45, 7) is 4.35. The Balaban J connectivity index is 2.07. The first kappa shape index (κ1) is 11.9. The topological polar surface area (TPSA) is 75.1 Å². The number of nitrogens with one attached hydrogen (secondary N) is 1. The Morgan fingerprint density at radius 1 is 1.37 bits per heavy atom. The molecule has 0 bridgehead atoms. The summed E-state index contributed by atoms with van der Waals surface area (Å²) in [4.78, 5) is 19.2. The molecule has 0 aliphatic heterocycles. The van der Waals surface area contributed by atoms with Crippen LogP contribution in [0.15, 0.2) is 24.3 Å². The van der Waals surface area contributed by atoms with Crippen molar-refractivity contribution < 1.29 is 9.90 Å². The molecule has 2 aromatic rings. The van der Waals surface area contributed by atoms with Gasteiger partial charge in [0.25, 0.3) is 0 Å². The zero-order chi connectivity index (χ0) is 13.6. The van der Waals surface area contributed by atoms with E-state index < -0.39 is 5.97 Å². The second-order valence-electron chi connectivity index (χ2n) is 5.61. The number of aromatic nitrogens is 2. The van der Waals surface area contributed by atoms with E-state index >= 15 is 0 Å². The predicted octanol–water partition coefficient (Wildman–Crippen LogP) is 2.54. The average Bonchev–Trinajstić information content (AvgIpc) is 2.96. The SMILES string of the molecule is CC1(C)CC1Nc1nc(C(=O)O)nc2ccccc12. The summed E-state index contributed by atoms with van der Waals surface area (Å²) >= 11 is 0. The fourth-order valence-corrected chi connectivity index (χ4v) is 2.16. The Morgan fingerprint density at radius 3 is 2.68 bits per heavy atom. The third-order valence-electron chi connectivity index (χ3n) is 3.62. The number of fused-ring (bicyclic) bond motifs is 1. The van der Waals surface area contributed by atoms with Gasteiger partial charge in [0.2, 0.25) is 5.82 Å². The second-order valence-corrected chi connectivity index (χ2v) is 5.61. The quantitative estimate of drug-likeness (QED) is 0.883. The molecular weight excluding hydrogens is 242 g/mol. The molecule has 1 aromatic heterocycles. The van der Waals surface area contributed by atoms with Gasteiger partial charge in [0.1, 0.15) is 5.82 Å². The summed E-state index contributed by atoms with van der Waals surface area (Å²) in [6, 6.07) is 7.78. The summed E-state index contributed by atoms with van der Waals surface area (Å²) in [5.41, 5.74) is 0.894. The lowest BCUT2D eigenvalue weighted by Crippen LogP contribution is -2.13. The van der Waals surface area contributed by atoms with E-state index in [2.05, 4.69) is 29.1 Å². The van der Waals surface area contributed by atoms with Crippen molar-refractivity contribution in [2.24, 2.45) is 5.41 Å². The van der Waals surface area contributed by atoms with Gasteiger partial charge < -0.3 is 10.4 Å². The summed E-state index contributed by atoms with van der Waals surface area (Å²) in [7, 11) is 0. The second kappa shape index (κ2) is 3.91. The summed E-state index contributed by atoms with van der Waals surface area (Å²) in [5.74, 6) is -0.665. The first-order valence-electron chi connectivity index (χ1n) is 6.24. The van der Waals surface area contributed by atoms with E-state index in [-0.39, 0.29) is 11.2 Å². The van der Waals surface area contributed by atoms with E-state index in [1.165, 1.54) is 0 Å². The third-order valence-corrected chi connectivity index (χ3v) is 3.62. The van der Waals surface area contributed by atoms with Crippen LogP contribution in [-0.4, -0.2) is 27.1 Å². The van der Waals surface area contributed by atoms with E-state index in [9.17, 15) is 4.79 Å². The molecule has 19 heavy (non-hydrogen) atoms. The van der Waals surface area contributed by atoms with Crippen LogP contribution in [0.2, 0.25) is 0 Å². The molecule has 1 aromatic carbocycles. The van der Waals surface area contributed by atoms with Gasteiger partial charge >= 0.3 is 5.97 Å². The summed E-state index contributed by atoms with van der Waals surface area (Å²) < 4.78 is 0. The fraction of sp³-hybridized carbons (Fsp3) is 0.357. The highest BCUT2D eigenvalue weighted by atomic mass is 16.4. The molecule has 2 N–H and O–H groups in total. The van der Waals surface area contributed by atoms with Crippen LogP contribution in [-0.2, 0) is 0 Å². The normalized spacial score (nSPS) is 20.2. The van der Waals surface area contributed by atoms with Crippen molar-refractivity contribution in [1.29, 1.82) is 0 Å². The predicted molar refractivity (Wildman–Crippen MR) is 72.3 cm³/mol. The first-order valence-corrected chi connectivity index (χ1v) is 6.24. The van der Waals surface area contributed by atoms with Crippen LogP contribution in [0.4, 0.5) is 5.82 Å². The fourth-order valence-electron chi connectivity index (χ4n) is 2.16. The van der Waals surface area contributed by atoms with Crippen molar-refractivity contribution in [2.75, 3.05) is 5.32 Å². The molecule has 0 radical (unpaired) electrons. The van der Waals surface area contributed by atoms with Crippen LogP contribution in [0, 0.1) is 5.41 Å². The van der Waals surface area contributed by atoms with E-state index in [0.717, 1.165) is 11.8 Å². The lowest BCUT2D eigenvalue weighted by molar-refractivity contribution is 0.0684. The smallest absolute Gasteiger partial charge is 0.374 e. The van der Waals surface area contributed by atoms with Gasteiger partial charge in [-0.1, -0.05) is 26.0 Å². The Bertz CT molecular complexity index is 667. The van der Waals surface area contributed by atoms with Gasteiger partial charge in [-0.15, -0.1) is 0 Å². The van der Waals surface area contributed by atoms with Gasteiger partial charge in [-0.05, 0) is 24.0 Å². The number of carboxylic acids is 1. The van der Waals surface area contributed by atoms with Gasteiger partial charge in [0.15, 0.2) is 0 Å². The molecule has 0 saturated heterocycles. The maximum atomic E-state index is 11.1. The maximum absolute atomic E-state index is 11.1. The number of rotatable bonds is 3. The van der Waals surface area contributed by atoms with Gasteiger partial charge in [-0.2, -0.15) is 0 Å². The minimum absolute atomic E-state index is 0.167. The van der Waals surface area contributed by atoms with Crippen LogP contribution < -0.4 is 5.32 Å². The molecule has 1 atom stereocenters. The van der Waals surface area contributed by atoms with Crippen LogP contribution in [0.25, 0.3) is 10.9 Å². The zero-order valence-electron chi connectivity index (χ0n) is 10.8. The minimum Gasteiger partial charge on any atom is -0.475 e. The number of nitrogens with zero attached hydrogens (tertiary/aromatic N) is 2. The van der Waals surface area contributed by atoms with Crippen LogP contribution in [0.5, 0.6) is 0 Å². The van der Waals surface area contributed by atoms with Crippen LogP contribution >= 0.6 is 0 Å². The molecule has 1 heterocycles.